The molecule has 5 heteroatoms. The van der Waals surface area contributed by atoms with E-state index in [1.165, 1.54) is 4.88 Å². The number of amides is 1. The molecule has 21 heavy (non-hydrogen) atoms. The van der Waals surface area contributed by atoms with E-state index < -0.39 is 5.91 Å². The molecule has 0 unspecified atom stereocenters. The van der Waals surface area contributed by atoms with Crippen LogP contribution in [-0.2, 0) is 11.2 Å². The molecule has 0 spiro atoms. The minimum absolute atomic E-state index is 0.0782. The summed E-state index contributed by atoms with van der Waals surface area (Å²) in [5.74, 6) is -0.425. The van der Waals surface area contributed by atoms with Crippen molar-refractivity contribution >= 4 is 40.6 Å². The quantitative estimate of drug-likeness (QED) is 0.666. The van der Waals surface area contributed by atoms with Crippen LogP contribution in [0, 0.1) is 11.3 Å². The van der Waals surface area contributed by atoms with Gasteiger partial charge in [0.2, 0.25) is 0 Å². The number of nitrogens with one attached hydrogen (secondary N) is 1. The van der Waals surface area contributed by atoms with Crippen LogP contribution in [0.2, 0.25) is 5.02 Å². The second-order valence-corrected chi connectivity index (χ2v) is 5.92. The lowest BCUT2D eigenvalue weighted by molar-refractivity contribution is -0.112. The van der Waals surface area contributed by atoms with Crippen LogP contribution >= 0.6 is 22.9 Å². The fourth-order valence-electron chi connectivity index (χ4n) is 1.68. The Labute approximate surface area is 132 Å². The number of benzene rings is 1. The van der Waals surface area contributed by atoms with E-state index in [2.05, 4.69) is 12.2 Å². The van der Waals surface area contributed by atoms with Crippen LogP contribution in [0.3, 0.4) is 0 Å². The molecule has 2 aromatic rings. The molecule has 106 valence electrons. The number of carbonyl (C=O) groups excluding carboxylic acids is 1. The molecule has 0 saturated heterocycles. The van der Waals surface area contributed by atoms with E-state index in [0.717, 1.165) is 11.3 Å². The third-order valence-electron chi connectivity index (χ3n) is 2.78. The van der Waals surface area contributed by atoms with Gasteiger partial charge in [-0.1, -0.05) is 18.5 Å². The molecule has 0 atom stereocenters. The van der Waals surface area contributed by atoms with E-state index >= 15 is 0 Å². The average Bonchev–Trinajstić information content (AvgIpc) is 2.94. The van der Waals surface area contributed by atoms with Crippen molar-refractivity contribution in [3.05, 3.63) is 56.7 Å². The summed E-state index contributed by atoms with van der Waals surface area (Å²) >= 11 is 7.36. The van der Waals surface area contributed by atoms with Crippen LogP contribution in [0.5, 0.6) is 0 Å². The molecular weight excluding hydrogens is 304 g/mol. The van der Waals surface area contributed by atoms with Crippen molar-refractivity contribution in [2.45, 2.75) is 13.3 Å². The molecule has 1 aromatic heterocycles. The van der Waals surface area contributed by atoms with Gasteiger partial charge in [0.1, 0.15) is 11.6 Å². The highest BCUT2D eigenvalue weighted by atomic mass is 35.5. The summed E-state index contributed by atoms with van der Waals surface area (Å²) in [6, 6.07) is 12.6. The molecule has 1 heterocycles. The Morgan fingerprint density at radius 1 is 1.33 bits per heavy atom. The minimum atomic E-state index is -0.425. The van der Waals surface area contributed by atoms with Gasteiger partial charge in [-0.2, -0.15) is 5.26 Å². The van der Waals surface area contributed by atoms with Gasteiger partial charge < -0.3 is 5.32 Å². The first-order valence-electron chi connectivity index (χ1n) is 6.40. The number of aryl methyl sites for hydroxylation is 1. The SMILES string of the molecule is CCc1ccc(C=C(C#N)C(=O)Nc2ccc(Cl)cc2)s1. The Bertz CT molecular complexity index is 711. The Morgan fingerprint density at radius 3 is 2.62 bits per heavy atom. The number of thiophene rings is 1. The molecule has 1 aromatic carbocycles. The zero-order chi connectivity index (χ0) is 15.2. The fourth-order valence-corrected chi connectivity index (χ4v) is 2.71. The monoisotopic (exact) mass is 316 g/mol. The van der Waals surface area contributed by atoms with Gasteiger partial charge in [0, 0.05) is 20.5 Å². The molecule has 0 bridgehead atoms. The predicted octanol–water partition coefficient (Wildman–Crippen LogP) is 4.51. The zero-order valence-corrected chi connectivity index (χ0v) is 13.0. The smallest absolute Gasteiger partial charge is 0.266 e. The van der Waals surface area contributed by atoms with Gasteiger partial charge in [-0.25, -0.2) is 0 Å². The number of hydrogen-bond acceptors (Lipinski definition) is 3. The van der Waals surface area contributed by atoms with E-state index in [4.69, 9.17) is 16.9 Å². The molecule has 0 aliphatic heterocycles. The van der Waals surface area contributed by atoms with Gasteiger partial charge in [0.25, 0.3) is 5.91 Å². The third kappa shape index (κ3) is 4.19. The zero-order valence-electron chi connectivity index (χ0n) is 11.4. The molecule has 0 saturated carbocycles. The van der Waals surface area contributed by atoms with E-state index in [1.54, 1.807) is 41.7 Å². The summed E-state index contributed by atoms with van der Waals surface area (Å²) in [5, 5.41) is 12.4. The van der Waals surface area contributed by atoms with Crippen LogP contribution in [0.4, 0.5) is 5.69 Å². The van der Waals surface area contributed by atoms with E-state index in [1.807, 2.05) is 18.2 Å². The summed E-state index contributed by atoms with van der Waals surface area (Å²) < 4.78 is 0. The maximum Gasteiger partial charge on any atom is 0.266 e. The highest BCUT2D eigenvalue weighted by Crippen LogP contribution is 2.20. The Kier molecular flexibility index (Phi) is 5.15. The van der Waals surface area contributed by atoms with Crippen LogP contribution in [0.25, 0.3) is 6.08 Å². The highest BCUT2D eigenvalue weighted by molar-refractivity contribution is 7.12. The van der Waals surface area contributed by atoms with Crippen LogP contribution in [0.1, 0.15) is 16.7 Å². The van der Waals surface area contributed by atoms with Gasteiger partial charge >= 0.3 is 0 Å². The summed E-state index contributed by atoms with van der Waals surface area (Å²) in [6.45, 7) is 2.07. The van der Waals surface area contributed by atoms with Crippen molar-refractivity contribution in [1.29, 1.82) is 5.26 Å². The number of rotatable bonds is 4. The van der Waals surface area contributed by atoms with Gasteiger partial charge in [-0.15, -0.1) is 11.3 Å². The van der Waals surface area contributed by atoms with Gasteiger partial charge in [-0.3, -0.25) is 4.79 Å². The Hall–Kier alpha value is -2.09. The first-order chi connectivity index (χ1) is 10.1. The molecule has 0 aliphatic carbocycles. The lowest BCUT2D eigenvalue weighted by Gasteiger charge is -2.03. The molecule has 1 amide bonds. The largest absolute Gasteiger partial charge is 0.321 e. The van der Waals surface area contributed by atoms with Crippen molar-refractivity contribution in [2.24, 2.45) is 0 Å². The maximum absolute atomic E-state index is 12.1. The topological polar surface area (TPSA) is 52.9 Å². The number of nitrogens with zero attached hydrogens (tertiary/aromatic N) is 1. The molecular formula is C16H13ClN2OS. The molecule has 2 rings (SSSR count). The Morgan fingerprint density at radius 2 is 2.05 bits per heavy atom. The van der Waals surface area contributed by atoms with Gasteiger partial charge in [0.15, 0.2) is 0 Å². The van der Waals surface area contributed by atoms with Crippen molar-refractivity contribution < 1.29 is 4.79 Å². The standard InChI is InChI=1S/C16H13ClN2OS/c1-2-14-7-8-15(21-14)9-11(10-18)16(20)19-13-5-3-12(17)4-6-13/h3-9H,2H2,1H3,(H,19,20). The summed E-state index contributed by atoms with van der Waals surface area (Å²) in [5.41, 5.74) is 0.681. The number of carbonyl (C=O) groups is 1. The minimum Gasteiger partial charge on any atom is -0.321 e. The fraction of sp³-hybridized carbons (Fsp3) is 0.125. The molecule has 3 nitrogen and oxygen atoms in total. The summed E-state index contributed by atoms with van der Waals surface area (Å²) in [6.07, 6.45) is 2.55. The van der Waals surface area contributed by atoms with Gasteiger partial charge in [-0.05, 0) is 48.9 Å². The lowest BCUT2D eigenvalue weighted by Crippen LogP contribution is -2.13. The number of hydrogen-bond donors (Lipinski definition) is 1. The van der Waals surface area contributed by atoms with E-state index in [-0.39, 0.29) is 5.57 Å². The van der Waals surface area contributed by atoms with Crippen molar-refractivity contribution in [3.8, 4) is 6.07 Å². The highest BCUT2D eigenvalue weighted by Gasteiger charge is 2.10. The van der Waals surface area contributed by atoms with Crippen molar-refractivity contribution in [1.82, 2.24) is 0 Å². The van der Waals surface area contributed by atoms with Crippen LogP contribution in [0.15, 0.2) is 42.0 Å². The maximum atomic E-state index is 12.1. The van der Waals surface area contributed by atoms with Crippen LogP contribution in [-0.4, -0.2) is 5.91 Å². The predicted molar refractivity (Wildman–Crippen MR) is 87.4 cm³/mol. The number of halogens is 1. The lowest BCUT2D eigenvalue weighted by atomic mass is 10.2. The molecule has 0 fully saturated rings. The second kappa shape index (κ2) is 7.07. The van der Waals surface area contributed by atoms with Gasteiger partial charge in [0.05, 0.1) is 0 Å². The third-order valence-corrected chi connectivity index (χ3v) is 4.21. The first kappa shape index (κ1) is 15.3. The van der Waals surface area contributed by atoms with Crippen LogP contribution < -0.4 is 5.32 Å². The van der Waals surface area contributed by atoms with E-state index in [0.29, 0.717) is 10.7 Å². The van der Waals surface area contributed by atoms with Crippen molar-refractivity contribution in [3.63, 3.8) is 0 Å². The normalized spacial score (nSPS) is 11.0. The Balaban J connectivity index is 2.15. The second-order valence-electron chi connectivity index (χ2n) is 4.29. The van der Waals surface area contributed by atoms with Crippen molar-refractivity contribution in [2.75, 3.05) is 5.32 Å². The molecule has 0 aliphatic rings. The molecule has 0 radical (unpaired) electrons. The van der Waals surface area contributed by atoms with E-state index in [9.17, 15) is 4.79 Å². The first-order valence-corrected chi connectivity index (χ1v) is 7.59. The summed E-state index contributed by atoms with van der Waals surface area (Å²) in [7, 11) is 0. The number of anilines is 1. The average molecular weight is 317 g/mol. The number of nitriles is 1. The molecule has 1 N–H and O–H groups in total. The summed E-state index contributed by atoms with van der Waals surface area (Å²) in [4.78, 5) is 14.2.